The topological polar surface area (TPSA) is 49.3 Å². The Morgan fingerprint density at radius 2 is 2.11 bits per heavy atom. The van der Waals surface area contributed by atoms with Gasteiger partial charge in [-0.3, -0.25) is 4.79 Å². The van der Waals surface area contributed by atoms with Crippen LogP contribution < -0.4 is 5.32 Å². The number of nitrogens with one attached hydrogen (secondary N) is 1. The molecule has 1 aromatic carbocycles. The number of halogens is 1. The van der Waals surface area contributed by atoms with Crippen molar-refractivity contribution >= 4 is 39.3 Å². The van der Waals surface area contributed by atoms with E-state index in [0.717, 1.165) is 27.2 Å². The number of rotatable bonds is 2. The van der Waals surface area contributed by atoms with E-state index in [2.05, 4.69) is 21.2 Å². The molecule has 2 N–H and O–H groups in total. The van der Waals surface area contributed by atoms with E-state index < -0.39 is 5.60 Å². The maximum atomic E-state index is 12.1. The summed E-state index contributed by atoms with van der Waals surface area (Å²) in [5, 5.41) is 13.1. The van der Waals surface area contributed by atoms with Gasteiger partial charge in [0.1, 0.15) is 5.60 Å². The van der Waals surface area contributed by atoms with Crippen molar-refractivity contribution in [1.29, 1.82) is 0 Å². The van der Waals surface area contributed by atoms with Crippen LogP contribution in [0.2, 0.25) is 0 Å². The number of benzene rings is 1. The van der Waals surface area contributed by atoms with Gasteiger partial charge >= 0.3 is 0 Å². The van der Waals surface area contributed by atoms with Crippen molar-refractivity contribution in [3.05, 3.63) is 28.2 Å². The second kappa shape index (κ2) is 5.63. The normalized spacial score (nSPS) is 18.4. The molecule has 0 radical (unpaired) electrons. The van der Waals surface area contributed by atoms with Crippen LogP contribution in [-0.4, -0.2) is 28.1 Å². The summed E-state index contributed by atoms with van der Waals surface area (Å²) in [6.07, 6.45) is 1.05. The lowest BCUT2D eigenvalue weighted by molar-refractivity contribution is -0.134. The van der Waals surface area contributed by atoms with Gasteiger partial charge < -0.3 is 10.4 Å². The van der Waals surface area contributed by atoms with Crippen LogP contribution in [0.4, 0.5) is 5.69 Å². The van der Waals surface area contributed by atoms with Crippen molar-refractivity contribution in [1.82, 2.24) is 0 Å². The van der Waals surface area contributed by atoms with Crippen LogP contribution in [0.1, 0.15) is 18.4 Å². The molecule has 0 aliphatic carbocycles. The van der Waals surface area contributed by atoms with Gasteiger partial charge in [-0.15, -0.1) is 0 Å². The third-order valence-electron chi connectivity index (χ3n) is 3.18. The van der Waals surface area contributed by atoms with Gasteiger partial charge in [0.2, 0.25) is 0 Å². The molecule has 5 heteroatoms. The maximum absolute atomic E-state index is 12.1. The zero-order valence-corrected chi connectivity index (χ0v) is 12.6. The summed E-state index contributed by atoms with van der Waals surface area (Å²) in [7, 11) is 0. The number of anilines is 1. The Hall–Kier alpha value is -0.520. The molecule has 0 unspecified atom stereocenters. The third-order valence-corrected chi connectivity index (χ3v) is 4.66. The summed E-state index contributed by atoms with van der Waals surface area (Å²) in [6, 6.07) is 5.66. The van der Waals surface area contributed by atoms with Gasteiger partial charge in [0, 0.05) is 10.2 Å². The second-order valence-electron chi connectivity index (χ2n) is 4.56. The van der Waals surface area contributed by atoms with Crippen LogP contribution in [0, 0.1) is 6.92 Å². The quantitative estimate of drug-likeness (QED) is 0.877. The fraction of sp³-hybridized carbons (Fsp3) is 0.462. The summed E-state index contributed by atoms with van der Waals surface area (Å²) in [4.78, 5) is 12.1. The molecular weight excluding hydrogens is 314 g/mol. The first-order valence-electron chi connectivity index (χ1n) is 5.89. The molecule has 1 amide bonds. The molecule has 0 spiro atoms. The monoisotopic (exact) mass is 329 g/mol. The molecule has 1 aromatic rings. The van der Waals surface area contributed by atoms with Crippen LogP contribution >= 0.6 is 27.7 Å². The number of amides is 1. The van der Waals surface area contributed by atoms with Crippen LogP contribution in [0.25, 0.3) is 0 Å². The average molecular weight is 330 g/mol. The minimum Gasteiger partial charge on any atom is -0.380 e. The minimum absolute atomic E-state index is 0.284. The molecule has 0 bridgehead atoms. The standard InChI is InChI=1S/C13H16BrNO2S/c1-9-8-10(14)2-3-11(9)15-12(16)13(17)4-6-18-7-5-13/h2-3,8,17H,4-7H2,1H3,(H,15,16). The van der Waals surface area contributed by atoms with Gasteiger partial charge in [-0.2, -0.15) is 11.8 Å². The predicted octanol–water partition coefficient (Wildman–Crippen LogP) is 2.95. The lowest BCUT2D eigenvalue weighted by atomic mass is 9.95. The van der Waals surface area contributed by atoms with Gasteiger partial charge in [0.05, 0.1) is 0 Å². The van der Waals surface area contributed by atoms with Crippen molar-refractivity contribution in [3.8, 4) is 0 Å². The fourth-order valence-electron chi connectivity index (χ4n) is 1.94. The van der Waals surface area contributed by atoms with Crippen molar-refractivity contribution in [3.63, 3.8) is 0 Å². The van der Waals surface area contributed by atoms with Gasteiger partial charge in [-0.25, -0.2) is 0 Å². The fourth-order valence-corrected chi connectivity index (χ4v) is 3.59. The van der Waals surface area contributed by atoms with Crippen LogP contribution in [0.3, 0.4) is 0 Å². The molecular formula is C13H16BrNO2S. The highest BCUT2D eigenvalue weighted by Crippen LogP contribution is 2.29. The van der Waals surface area contributed by atoms with Crippen molar-refractivity contribution < 1.29 is 9.90 Å². The Morgan fingerprint density at radius 1 is 1.44 bits per heavy atom. The molecule has 2 rings (SSSR count). The maximum Gasteiger partial charge on any atom is 0.256 e. The summed E-state index contributed by atoms with van der Waals surface area (Å²) in [5.41, 5.74) is 0.534. The highest BCUT2D eigenvalue weighted by Gasteiger charge is 2.37. The summed E-state index contributed by atoms with van der Waals surface area (Å²) in [5.74, 6) is 1.39. The SMILES string of the molecule is Cc1cc(Br)ccc1NC(=O)C1(O)CCSCC1. The lowest BCUT2D eigenvalue weighted by Crippen LogP contribution is -2.45. The van der Waals surface area contributed by atoms with Gasteiger partial charge in [-0.1, -0.05) is 15.9 Å². The van der Waals surface area contributed by atoms with Gasteiger partial charge in [0.25, 0.3) is 5.91 Å². The molecule has 1 saturated heterocycles. The first kappa shape index (κ1) is 13.9. The van der Waals surface area contributed by atoms with E-state index in [0.29, 0.717) is 12.8 Å². The van der Waals surface area contributed by atoms with E-state index in [1.165, 1.54) is 0 Å². The number of aliphatic hydroxyl groups is 1. The Bertz CT molecular complexity index is 458. The second-order valence-corrected chi connectivity index (χ2v) is 6.70. The lowest BCUT2D eigenvalue weighted by Gasteiger charge is -2.30. The summed E-state index contributed by atoms with van der Waals surface area (Å²) < 4.78 is 0.978. The number of hydrogen-bond donors (Lipinski definition) is 2. The number of hydrogen-bond acceptors (Lipinski definition) is 3. The minimum atomic E-state index is -1.20. The number of carbonyl (C=O) groups excluding carboxylic acids is 1. The Kier molecular flexibility index (Phi) is 4.35. The van der Waals surface area contributed by atoms with Gasteiger partial charge in [-0.05, 0) is 55.0 Å². The van der Waals surface area contributed by atoms with Crippen molar-refractivity contribution in [2.75, 3.05) is 16.8 Å². The van der Waals surface area contributed by atoms with Crippen LogP contribution in [0.5, 0.6) is 0 Å². The van der Waals surface area contributed by atoms with Crippen LogP contribution in [-0.2, 0) is 4.79 Å². The first-order valence-corrected chi connectivity index (χ1v) is 7.84. The average Bonchev–Trinajstić information content (AvgIpc) is 2.33. The van der Waals surface area contributed by atoms with Crippen molar-refractivity contribution in [2.45, 2.75) is 25.4 Å². The molecule has 98 valence electrons. The molecule has 0 aromatic heterocycles. The first-order chi connectivity index (χ1) is 8.51. The zero-order valence-electron chi connectivity index (χ0n) is 10.2. The predicted molar refractivity (Wildman–Crippen MR) is 79.0 cm³/mol. The van der Waals surface area contributed by atoms with E-state index in [9.17, 15) is 9.90 Å². The Labute approximate surface area is 119 Å². The van der Waals surface area contributed by atoms with E-state index in [1.54, 1.807) is 11.8 Å². The molecule has 18 heavy (non-hydrogen) atoms. The van der Waals surface area contributed by atoms with E-state index in [4.69, 9.17) is 0 Å². The van der Waals surface area contributed by atoms with Gasteiger partial charge in [0.15, 0.2) is 0 Å². The smallest absolute Gasteiger partial charge is 0.256 e. The number of carbonyl (C=O) groups is 1. The Morgan fingerprint density at radius 3 is 2.72 bits per heavy atom. The zero-order chi connectivity index (χ0) is 13.2. The molecule has 1 aliphatic rings. The largest absolute Gasteiger partial charge is 0.380 e. The highest BCUT2D eigenvalue weighted by atomic mass is 79.9. The Balaban J connectivity index is 2.11. The molecule has 1 heterocycles. The summed E-state index contributed by atoms with van der Waals surface area (Å²) in [6.45, 7) is 1.93. The number of aryl methyl sites for hydroxylation is 1. The molecule has 0 atom stereocenters. The van der Waals surface area contributed by atoms with E-state index in [-0.39, 0.29) is 5.91 Å². The summed E-state index contributed by atoms with van der Waals surface area (Å²) >= 11 is 5.16. The van der Waals surface area contributed by atoms with E-state index in [1.807, 2.05) is 25.1 Å². The van der Waals surface area contributed by atoms with Crippen molar-refractivity contribution in [2.24, 2.45) is 0 Å². The van der Waals surface area contributed by atoms with E-state index >= 15 is 0 Å². The molecule has 1 aliphatic heterocycles. The number of thioether (sulfide) groups is 1. The highest BCUT2D eigenvalue weighted by molar-refractivity contribution is 9.10. The molecule has 1 fully saturated rings. The van der Waals surface area contributed by atoms with Crippen LogP contribution in [0.15, 0.2) is 22.7 Å². The molecule has 0 saturated carbocycles. The molecule has 3 nitrogen and oxygen atoms in total. The third kappa shape index (κ3) is 3.08.